The number of halogens is 3. The Balaban J connectivity index is 2.71. The van der Waals surface area contributed by atoms with Crippen molar-refractivity contribution in [1.82, 2.24) is 0 Å². The molecule has 0 unspecified atom stereocenters. The molecule has 3 N–H and O–H groups in total. The molecule has 0 atom stereocenters. The highest BCUT2D eigenvalue weighted by molar-refractivity contribution is 7.93. The van der Waals surface area contributed by atoms with Gasteiger partial charge in [0.1, 0.15) is 23.0 Å². The topological polar surface area (TPSA) is 126 Å². The largest absolute Gasteiger partial charge is 0.516 e. The van der Waals surface area contributed by atoms with E-state index in [4.69, 9.17) is 24.7 Å². The first-order valence-corrected chi connectivity index (χ1v) is 10.5. The van der Waals surface area contributed by atoms with Crippen LogP contribution < -0.4 is 29.4 Å². The van der Waals surface area contributed by atoms with Crippen LogP contribution >= 0.6 is 0 Å². The summed E-state index contributed by atoms with van der Waals surface area (Å²) in [6.45, 7) is 0. The van der Waals surface area contributed by atoms with Crippen molar-refractivity contribution in [3.05, 3.63) is 41.5 Å². The lowest BCUT2D eigenvalue weighted by molar-refractivity contribution is -0.112. The van der Waals surface area contributed by atoms with Crippen molar-refractivity contribution >= 4 is 33.3 Å². The second kappa shape index (κ2) is 9.90. The van der Waals surface area contributed by atoms with Crippen molar-refractivity contribution < 1.29 is 45.3 Å². The zero-order valence-electron chi connectivity index (χ0n) is 17.9. The minimum atomic E-state index is -5.75. The number of carbonyl (C=O) groups excluding carboxylic acids is 1. The highest BCUT2D eigenvalue weighted by Crippen LogP contribution is 2.38. The average molecular weight is 490 g/mol. The van der Waals surface area contributed by atoms with Crippen LogP contribution in [-0.4, -0.2) is 48.3 Å². The van der Waals surface area contributed by atoms with Gasteiger partial charge in [0.15, 0.2) is 0 Å². The van der Waals surface area contributed by atoms with E-state index in [0.29, 0.717) is 5.75 Å². The van der Waals surface area contributed by atoms with Crippen LogP contribution in [0, 0.1) is 0 Å². The summed E-state index contributed by atoms with van der Waals surface area (Å²) in [5, 5.41) is 0. The maximum Gasteiger partial charge on any atom is 0.516 e. The van der Waals surface area contributed by atoms with Crippen LogP contribution in [0.3, 0.4) is 0 Å². The Morgan fingerprint density at radius 1 is 0.939 bits per heavy atom. The van der Waals surface area contributed by atoms with Gasteiger partial charge < -0.3 is 24.7 Å². The standard InChI is InChI=1S/C20H21F3N2O7S/c1-29-12-8-17(31-3)14(18(9-12)32-4)10-13(19(24)26)11-5-6-16(30-2)15(7-11)25-33(27,28)20(21,22)23/h5-10,25H,1-4H3,(H2,24,26). The molecule has 0 aromatic heterocycles. The van der Waals surface area contributed by atoms with Crippen LogP contribution in [0.5, 0.6) is 23.0 Å². The van der Waals surface area contributed by atoms with E-state index in [0.717, 1.165) is 13.2 Å². The number of amides is 1. The molecule has 9 nitrogen and oxygen atoms in total. The van der Waals surface area contributed by atoms with Gasteiger partial charge in [-0.15, -0.1) is 0 Å². The summed E-state index contributed by atoms with van der Waals surface area (Å²) < 4.78 is 83.8. The van der Waals surface area contributed by atoms with E-state index >= 15 is 0 Å². The lowest BCUT2D eigenvalue weighted by Crippen LogP contribution is -2.30. The van der Waals surface area contributed by atoms with Crippen LogP contribution in [0.25, 0.3) is 11.6 Å². The number of rotatable bonds is 9. The Morgan fingerprint density at radius 3 is 1.91 bits per heavy atom. The second-order valence-electron chi connectivity index (χ2n) is 6.33. The lowest BCUT2D eigenvalue weighted by Gasteiger charge is -2.16. The predicted molar refractivity (Wildman–Crippen MR) is 115 cm³/mol. The van der Waals surface area contributed by atoms with Gasteiger partial charge in [0, 0.05) is 17.7 Å². The number of nitrogens with one attached hydrogen (secondary N) is 1. The molecule has 33 heavy (non-hydrogen) atoms. The number of hydrogen-bond donors (Lipinski definition) is 2. The molecule has 2 aromatic rings. The zero-order chi connectivity index (χ0) is 25.0. The smallest absolute Gasteiger partial charge is 0.496 e. The summed E-state index contributed by atoms with van der Waals surface area (Å²) in [4.78, 5) is 12.2. The molecule has 0 fully saturated rings. The van der Waals surface area contributed by atoms with E-state index in [1.165, 1.54) is 56.4 Å². The Morgan fingerprint density at radius 2 is 1.48 bits per heavy atom. The van der Waals surface area contributed by atoms with Gasteiger partial charge in [-0.25, -0.2) is 0 Å². The van der Waals surface area contributed by atoms with Gasteiger partial charge in [0.05, 0.1) is 39.7 Å². The molecule has 13 heteroatoms. The third kappa shape index (κ3) is 5.61. The van der Waals surface area contributed by atoms with Gasteiger partial charge in [-0.3, -0.25) is 9.52 Å². The Labute approximate surface area is 187 Å². The first-order chi connectivity index (χ1) is 15.4. The number of carbonyl (C=O) groups is 1. The number of alkyl halides is 3. The van der Waals surface area contributed by atoms with Crippen molar-refractivity contribution in [3.63, 3.8) is 0 Å². The highest BCUT2D eigenvalue weighted by atomic mass is 32.2. The number of hydrogen-bond acceptors (Lipinski definition) is 7. The highest BCUT2D eigenvalue weighted by Gasteiger charge is 2.46. The van der Waals surface area contributed by atoms with E-state index in [9.17, 15) is 26.4 Å². The Kier molecular flexibility index (Phi) is 7.69. The molecule has 0 spiro atoms. The zero-order valence-corrected chi connectivity index (χ0v) is 18.8. The lowest BCUT2D eigenvalue weighted by atomic mass is 10.00. The first-order valence-electron chi connectivity index (χ1n) is 8.97. The summed E-state index contributed by atoms with van der Waals surface area (Å²) in [7, 11) is -0.450. The molecule has 2 aromatic carbocycles. The molecule has 0 radical (unpaired) electrons. The summed E-state index contributed by atoms with van der Waals surface area (Å²) in [6, 6.07) is 6.53. The van der Waals surface area contributed by atoms with Gasteiger partial charge in [-0.05, 0) is 23.8 Å². The van der Waals surface area contributed by atoms with E-state index < -0.39 is 27.1 Å². The molecule has 0 heterocycles. The molecule has 180 valence electrons. The number of sulfonamides is 1. The van der Waals surface area contributed by atoms with Crippen LogP contribution in [0.1, 0.15) is 11.1 Å². The number of methoxy groups -OCH3 is 4. The van der Waals surface area contributed by atoms with Crippen LogP contribution in [0.15, 0.2) is 30.3 Å². The Bertz CT molecular complexity index is 1150. The molecule has 0 aliphatic carbocycles. The van der Waals surface area contributed by atoms with Gasteiger partial charge in [-0.1, -0.05) is 6.07 Å². The summed E-state index contributed by atoms with van der Waals surface area (Å²) in [5.74, 6) is -0.276. The number of anilines is 1. The maximum atomic E-state index is 12.8. The molecule has 1 amide bonds. The predicted octanol–water partition coefficient (Wildman–Crippen LogP) is 3.01. The SMILES string of the molecule is COc1cc(OC)c(C=C(C(N)=O)c2ccc(OC)c(NS(=O)(=O)C(F)(F)F)c2)c(OC)c1. The molecule has 0 bridgehead atoms. The first kappa shape index (κ1) is 25.6. The fraction of sp³-hybridized carbons (Fsp3) is 0.250. The third-order valence-electron chi connectivity index (χ3n) is 4.37. The number of nitrogens with two attached hydrogens (primary N) is 1. The Hall–Kier alpha value is -3.61. The minimum absolute atomic E-state index is 0.00287. The van der Waals surface area contributed by atoms with Crippen LogP contribution in [-0.2, 0) is 14.8 Å². The fourth-order valence-electron chi connectivity index (χ4n) is 2.77. The normalized spacial score (nSPS) is 12.2. The summed E-state index contributed by atoms with van der Waals surface area (Å²) in [6.07, 6.45) is 1.29. The maximum absolute atomic E-state index is 12.8. The molecule has 0 saturated carbocycles. The van der Waals surface area contributed by atoms with Crippen molar-refractivity contribution in [1.29, 1.82) is 0 Å². The third-order valence-corrected chi connectivity index (χ3v) is 5.46. The summed E-state index contributed by atoms with van der Waals surface area (Å²) >= 11 is 0. The fourth-order valence-corrected chi connectivity index (χ4v) is 3.34. The van der Waals surface area contributed by atoms with Crippen molar-refractivity contribution in [2.24, 2.45) is 5.73 Å². The van der Waals surface area contributed by atoms with E-state index in [1.54, 1.807) is 0 Å². The number of benzene rings is 2. The molecule has 0 aliphatic rings. The van der Waals surface area contributed by atoms with Crippen molar-refractivity contribution in [2.75, 3.05) is 33.2 Å². The van der Waals surface area contributed by atoms with Crippen LogP contribution in [0.4, 0.5) is 18.9 Å². The van der Waals surface area contributed by atoms with Gasteiger partial charge >= 0.3 is 15.5 Å². The number of ether oxygens (including phenoxy) is 4. The summed E-state index contributed by atoms with van der Waals surface area (Å²) in [5.41, 5.74) is -0.499. The van der Waals surface area contributed by atoms with E-state index in [-0.39, 0.29) is 33.9 Å². The average Bonchev–Trinajstić information content (AvgIpc) is 2.75. The van der Waals surface area contributed by atoms with Crippen LogP contribution in [0.2, 0.25) is 0 Å². The van der Waals surface area contributed by atoms with Gasteiger partial charge in [0.2, 0.25) is 5.91 Å². The molecular weight excluding hydrogens is 469 g/mol. The second-order valence-corrected chi connectivity index (χ2v) is 8.01. The monoisotopic (exact) mass is 490 g/mol. The van der Waals surface area contributed by atoms with Gasteiger partial charge in [-0.2, -0.15) is 21.6 Å². The minimum Gasteiger partial charge on any atom is -0.496 e. The van der Waals surface area contributed by atoms with Gasteiger partial charge in [0.25, 0.3) is 0 Å². The van der Waals surface area contributed by atoms with E-state index in [1.807, 2.05) is 0 Å². The van der Waals surface area contributed by atoms with Crippen molar-refractivity contribution in [2.45, 2.75) is 5.51 Å². The molecule has 0 aliphatic heterocycles. The number of primary amides is 1. The molecule has 0 saturated heterocycles. The molecule has 2 rings (SSSR count). The molecular formula is C20H21F3N2O7S. The quantitative estimate of drug-likeness (QED) is 0.409. The van der Waals surface area contributed by atoms with E-state index in [2.05, 4.69) is 0 Å². The van der Waals surface area contributed by atoms with Crippen molar-refractivity contribution in [3.8, 4) is 23.0 Å².